The van der Waals surface area contributed by atoms with Gasteiger partial charge in [0.2, 0.25) is 10.0 Å². The van der Waals surface area contributed by atoms with Crippen LogP contribution in [-0.4, -0.2) is 52.2 Å². The minimum atomic E-state index is -3.59. The van der Waals surface area contributed by atoms with Crippen molar-refractivity contribution in [1.82, 2.24) is 9.62 Å². The third-order valence-electron chi connectivity index (χ3n) is 3.51. The van der Waals surface area contributed by atoms with Crippen molar-refractivity contribution in [1.29, 1.82) is 5.26 Å². The average molecular weight is 309 g/mol. The van der Waals surface area contributed by atoms with E-state index in [1.807, 2.05) is 13.0 Å². The standard InChI is InChI=1S/C14H19N3O3S/c1-12(17-5-7-20-8-6-17)11-16-21(18,19)14-4-2-3-13(9-14)10-15/h2-4,9,12,16H,5-8,11H2,1H3. The Morgan fingerprint density at radius 3 is 2.81 bits per heavy atom. The molecule has 114 valence electrons. The van der Waals surface area contributed by atoms with Gasteiger partial charge in [0.25, 0.3) is 0 Å². The van der Waals surface area contributed by atoms with E-state index in [1.54, 1.807) is 12.1 Å². The second-order valence-corrected chi connectivity index (χ2v) is 6.76. The topological polar surface area (TPSA) is 82.4 Å². The lowest BCUT2D eigenvalue weighted by molar-refractivity contribution is 0.0213. The summed E-state index contributed by atoms with van der Waals surface area (Å²) in [6, 6.07) is 8.05. The molecule has 1 fully saturated rings. The monoisotopic (exact) mass is 309 g/mol. The van der Waals surface area contributed by atoms with Crippen LogP contribution in [0.25, 0.3) is 0 Å². The molecule has 1 aromatic carbocycles. The zero-order chi connectivity index (χ0) is 15.3. The van der Waals surface area contributed by atoms with Gasteiger partial charge in [-0.3, -0.25) is 4.90 Å². The maximum atomic E-state index is 12.2. The van der Waals surface area contributed by atoms with Crippen LogP contribution in [0, 0.1) is 11.3 Å². The minimum Gasteiger partial charge on any atom is -0.379 e. The number of nitrogens with one attached hydrogen (secondary N) is 1. The highest BCUT2D eigenvalue weighted by Crippen LogP contribution is 2.11. The second kappa shape index (κ2) is 7.00. The number of hydrogen-bond acceptors (Lipinski definition) is 5. The first-order valence-corrected chi connectivity index (χ1v) is 8.33. The molecular weight excluding hydrogens is 290 g/mol. The van der Waals surface area contributed by atoms with E-state index < -0.39 is 10.0 Å². The first-order valence-electron chi connectivity index (χ1n) is 6.84. The zero-order valence-electron chi connectivity index (χ0n) is 11.9. The van der Waals surface area contributed by atoms with Crippen LogP contribution in [0.5, 0.6) is 0 Å². The van der Waals surface area contributed by atoms with Crippen LogP contribution in [0.2, 0.25) is 0 Å². The molecule has 0 amide bonds. The Morgan fingerprint density at radius 1 is 1.43 bits per heavy atom. The van der Waals surface area contributed by atoms with Gasteiger partial charge in [-0.1, -0.05) is 6.07 Å². The van der Waals surface area contributed by atoms with Crippen LogP contribution in [-0.2, 0) is 14.8 Å². The third-order valence-corrected chi connectivity index (χ3v) is 4.93. The van der Waals surface area contributed by atoms with Gasteiger partial charge in [0.1, 0.15) is 0 Å². The molecule has 1 saturated heterocycles. The van der Waals surface area contributed by atoms with Gasteiger partial charge in [-0.05, 0) is 25.1 Å². The van der Waals surface area contributed by atoms with Crippen LogP contribution in [0.1, 0.15) is 12.5 Å². The highest BCUT2D eigenvalue weighted by molar-refractivity contribution is 7.89. The number of ether oxygens (including phenoxy) is 1. The normalized spacial score (nSPS) is 18.1. The van der Waals surface area contributed by atoms with E-state index in [-0.39, 0.29) is 10.9 Å². The molecule has 1 heterocycles. The SMILES string of the molecule is CC(CNS(=O)(=O)c1cccc(C#N)c1)N1CCOCC1. The Labute approximate surface area is 125 Å². The van der Waals surface area contributed by atoms with Crippen LogP contribution in [0.4, 0.5) is 0 Å². The summed E-state index contributed by atoms with van der Waals surface area (Å²) < 4.78 is 32.3. The van der Waals surface area contributed by atoms with Crippen molar-refractivity contribution < 1.29 is 13.2 Å². The molecular formula is C14H19N3O3S. The van der Waals surface area contributed by atoms with Crippen LogP contribution < -0.4 is 4.72 Å². The molecule has 0 bridgehead atoms. The summed E-state index contributed by atoms with van der Waals surface area (Å²) >= 11 is 0. The number of rotatable bonds is 5. The number of sulfonamides is 1. The maximum absolute atomic E-state index is 12.2. The van der Waals surface area contributed by atoms with E-state index in [0.29, 0.717) is 25.3 Å². The van der Waals surface area contributed by atoms with Crippen LogP contribution in [0.3, 0.4) is 0 Å². The number of hydrogen-bond donors (Lipinski definition) is 1. The molecule has 1 aliphatic heterocycles. The van der Waals surface area contributed by atoms with Gasteiger partial charge in [-0.2, -0.15) is 5.26 Å². The summed E-state index contributed by atoms with van der Waals surface area (Å²) in [7, 11) is -3.59. The number of nitrogens with zero attached hydrogens (tertiary/aromatic N) is 2. The van der Waals surface area contributed by atoms with Crippen molar-refractivity contribution in [3.63, 3.8) is 0 Å². The molecule has 0 radical (unpaired) electrons. The molecule has 0 aliphatic carbocycles. The van der Waals surface area contributed by atoms with E-state index in [0.717, 1.165) is 13.1 Å². The van der Waals surface area contributed by atoms with Gasteiger partial charge in [0.05, 0.1) is 29.7 Å². The fourth-order valence-corrected chi connectivity index (χ4v) is 3.36. The molecule has 7 heteroatoms. The molecule has 1 unspecified atom stereocenters. The predicted molar refractivity (Wildman–Crippen MR) is 78.2 cm³/mol. The predicted octanol–water partition coefficient (Wildman–Crippen LogP) is 0.557. The number of morpholine rings is 1. The van der Waals surface area contributed by atoms with Gasteiger partial charge in [0.15, 0.2) is 0 Å². The van der Waals surface area contributed by atoms with E-state index in [4.69, 9.17) is 10.00 Å². The largest absolute Gasteiger partial charge is 0.379 e. The second-order valence-electron chi connectivity index (χ2n) is 4.99. The molecule has 21 heavy (non-hydrogen) atoms. The van der Waals surface area contributed by atoms with Crippen molar-refractivity contribution in [2.24, 2.45) is 0 Å². The van der Waals surface area contributed by atoms with E-state index in [1.165, 1.54) is 12.1 Å². The molecule has 1 aromatic rings. The Bertz CT molecular complexity index is 619. The zero-order valence-corrected chi connectivity index (χ0v) is 12.8. The summed E-state index contributed by atoms with van der Waals surface area (Å²) in [6.07, 6.45) is 0. The molecule has 1 atom stereocenters. The first-order chi connectivity index (χ1) is 10.0. The van der Waals surface area contributed by atoms with Crippen molar-refractivity contribution in [3.05, 3.63) is 29.8 Å². The Kier molecular flexibility index (Phi) is 5.31. The lowest BCUT2D eigenvalue weighted by Crippen LogP contribution is -2.47. The van der Waals surface area contributed by atoms with Crippen molar-refractivity contribution in [2.45, 2.75) is 17.9 Å². The minimum absolute atomic E-state index is 0.0998. The Balaban J connectivity index is 1.99. The summed E-state index contributed by atoms with van der Waals surface area (Å²) in [6.45, 7) is 5.31. The Morgan fingerprint density at radius 2 is 2.14 bits per heavy atom. The molecule has 0 aromatic heterocycles. The molecule has 6 nitrogen and oxygen atoms in total. The highest BCUT2D eigenvalue weighted by Gasteiger charge is 2.20. The number of benzene rings is 1. The molecule has 2 rings (SSSR count). The van der Waals surface area contributed by atoms with Crippen molar-refractivity contribution >= 4 is 10.0 Å². The van der Waals surface area contributed by atoms with Crippen molar-refractivity contribution in [3.8, 4) is 6.07 Å². The lowest BCUT2D eigenvalue weighted by atomic mass is 10.2. The van der Waals surface area contributed by atoms with Crippen LogP contribution in [0.15, 0.2) is 29.2 Å². The third kappa shape index (κ3) is 4.25. The smallest absolute Gasteiger partial charge is 0.240 e. The number of nitriles is 1. The van der Waals surface area contributed by atoms with Crippen LogP contribution >= 0.6 is 0 Å². The molecule has 0 saturated carbocycles. The summed E-state index contributed by atoms with van der Waals surface area (Å²) in [5, 5.41) is 8.83. The first kappa shape index (κ1) is 15.9. The average Bonchev–Trinajstić information content (AvgIpc) is 2.53. The van der Waals surface area contributed by atoms with Crippen molar-refractivity contribution in [2.75, 3.05) is 32.8 Å². The van der Waals surface area contributed by atoms with Gasteiger partial charge >= 0.3 is 0 Å². The quantitative estimate of drug-likeness (QED) is 0.859. The van der Waals surface area contributed by atoms with Gasteiger partial charge in [-0.15, -0.1) is 0 Å². The fraction of sp³-hybridized carbons (Fsp3) is 0.500. The molecule has 1 aliphatic rings. The van der Waals surface area contributed by atoms with Gasteiger partial charge < -0.3 is 4.74 Å². The van der Waals surface area contributed by atoms with E-state index in [2.05, 4.69) is 9.62 Å². The van der Waals surface area contributed by atoms with Gasteiger partial charge in [-0.25, -0.2) is 13.1 Å². The maximum Gasteiger partial charge on any atom is 0.240 e. The summed E-state index contributed by atoms with van der Waals surface area (Å²) in [5.41, 5.74) is 0.333. The van der Waals surface area contributed by atoms with E-state index >= 15 is 0 Å². The summed E-state index contributed by atoms with van der Waals surface area (Å²) in [4.78, 5) is 2.31. The lowest BCUT2D eigenvalue weighted by Gasteiger charge is -2.32. The highest BCUT2D eigenvalue weighted by atomic mass is 32.2. The Hall–Kier alpha value is -1.46. The summed E-state index contributed by atoms with van der Waals surface area (Å²) in [5.74, 6) is 0. The van der Waals surface area contributed by atoms with E-state index in [9.17, 15) is 8.42 Å². The molecule has 1 N–H and O–H groups in total. The molecule has 0 spiro atoms. The van der Waals surface area contributed by atoms with Gasteiger partial charge in [0, 0.05) is 25.7 Å². The fourth-order valence-electron chi connectivity index (χ4n) is 2.19.